The molecule has 4 heterocycles. The normalized spacial score (nSPS) is 15.9. The molecule has 1 aliphatic rings. The van der Waals surface area contributed by atoms with Gasteiger partial charge in [0.15, 0.2) is 11.0 Å². The lowest BCUT2D eigenvalue weighted by atomic mass is 9.98. The number of aromatic nitrogens is 6. The summed E-state index contributed by atoms with van der Waals surface area (Å²) in [5.41, 5.74) is 3.25. The second kappa shape index (κ2) is 9.59. The van der Waals surface area contributed by atoms with Crippen LogP contribution in [0.4, 0.5) is 5.13 Å². The first-order valence-corrected chi connectivity index (χ1v) is 13.9. The number of hydrogen-bond donors (Lipinski definition) is 1. The number of anilines is 1. The second-order valence-electron chi connectivity index (χ2n) is 10.6. The van der Waals surface area contributed by atoms with E-state index in [0.29, 0.717) is 11.4 Å². The number of thiazole rings is 1. The third-order valence-electron chi connectivity index (χ3n) is 7.73. The van der Waals surface area contributed by atoms with Crippen molar-refractivity contribution in [3.05, 3.63) is 75.8 Å². The zero-order valence-corrected chi connectivity index (χ0v) is 23.0. The third kappa shape index (κ3) is 4.37. The summed E-state index contributed by atoms with van der Waals surface area (Å²) >= 11 is 1.73. The molecule has 10 heteroatoms. The van der Waals surface area contributed by atoms with Crippen LogP contribution in [-0.2, 0) is 5.54 Å². The van der Waals surface area contributed by atoms with Crippen molar-refractivity contribution in [2.24, 2.45) is 0 Å². The highest BCUT2D eigenvalue weighted by Crippen LogP contribution is 2.33. The number of aromatic amines is 1. The van der Waals surface area contributed by atoms with Crippen LogP contribution in [0, 0.1) is 6.92 Å². The molecule has 38 heavy (non-hydrogen) atoms. The van der Waals surface area contributed by atoms with E-state index in [1.807, 2.05) is 29.8 Å². The monoisotopic (exact) mass is 528 g/mol. The maximum atomic E-state index is 13.6. The summed E-state index contributed by atoms with van der Waals surface area (Å²) in [6.07, 6.45) is 0.858. The quantitative estimate of drug-likeness (QED) is 0.347. The first-order valence-electron chi connectivity index (χ1n) is 13.1. The number of aryl methyl sites for hydroxylation is 1. The van der Waals surface area contributed by atoms with Crippen LogP contribution in [0.3, 0.4) is 0 Å². The lowest BCUT2D eigenvalue weighted by Crippen LogP contribution is -2.49. The van der Waals surface area contributed by atoms with Crippen molar-refractivity contribution in [2.75, 3.05) is 31.1 Å². The van der Waals surface area contributed by atoms with Crippen molar-refractivity contribution in [3.63, 3.8) is 0 Å². The van der Waals surface area contributed by atoms with E-state index in [-0.39, 0.29) is 17.1 Å². The highest BCUT2D eigenvalue weighted by molar-refractivity contribution is 7.22. The Morgan fingerprint density at radius 1 is 1.08 bits per heavy atom. The van der Waals surface area contributed by atoms with Crippen molar-refractivity contribution >= 4 is 37.6 Å². The summed E-state index contributed by atoms with van der Waals surface area (Å²) in [7, 11) is 0. The van der Waals surface area contributed by atoms with E-state index >= 15 is 0 Å². The summed E-state index contributed by atoms with van der Waals surface area (Å²) in [6.45, 7) is 11.5. The van der Waals surface area contributed by atoms with Gasteiger partial charge in [-0.15, -0.1) is 5.10 Å². The predicted molar refractivity (Wildman–Crippen MR) is 152 cm³/mol. The summed E-state index contributed by atoms with van der Waals surface area (Å²) in [6, 6.07) is 16.0. The molecule has 0 amide bonds. The van der Waals surface area contributed by atoms with Gasteiger partial charge in [0.05, 0.1) is 15.8 Å². The van der Waals surface area contributed by atoms with Crippen molar-refractivity contribution in [2.45, 2.75) is 45.7 Å². The third-order valence-corrected chi connectivity index (χ3v) is 8.83. The highest BCUT2D eigenvalue weighted by Gasteiger charge is 2.36. The minimum atomic E-state index is -0.372. The molecule has 0 spiro atoms. The Hall–Kier alpha value is -3.63. The van der Waals surface area contributed by atoms with Gasteiger partial charge in [-0.05, 0) is 72.8 Å². The Labute approximate surface area is 225 Å². The largest absolute Gasteiger partial charge is 0.345 e. The molecule has 0 bridgehead atoms. The van der Waals surface area contributed by atoms with Crippen molar-refractivity contribution in [1.29, 1.82) is 0 Å². The number of nitrogens with zero attached hydrogens (tertiary/aromatic N) is 7. The Morgan fingerprint density at radius 2 is 1.87 bits per heavy atom. The lowest BCUT2D eigenvalue weighted by Gasteiger charge is -2.39. The van der Waals surface area contributed by atoms with Crippen LogP contribution in [0.15, 0.2) is 53.3 Å². The van der Waals surface area contributed by atoms with Gasteiger partial charge in [0.25, 0.3) is 5.56 Å². The van der Waals surface area contributed by atoms with Crippen LogP contribution in [0.25, 0.3) is 21.1 Å². The van der Waals surface area contributed by atoms with Crippen molar-refractivity contribution in [3.8, 4) is 0 Å². The fraction of sp³-hybridized carbons (Fsp3) is 0.393. The van der Waals surface area contributed by atoms with Gasteiger partial charge >= 0.3 is 0 Å². The molecule has 1 atom stereocenters. The van der Waals surface area contributed by atoms with Crippen LogP contribution in [0.2, 0.25) is 0 Å². The molecule has 1 N–H and O–H groups in total. The topological polar surface area (TPSA) is 95.8 Å². The van der Waals surface area contributed by atoms with Gasteiger partial charge in [-0.1, -0.05) is 42.5 Å². The maximum absolute atomic E-state index is 13.6. The average molecular weight is 529 g/mol. The zero-order valence-electron chi connectivity index (χ0n) is 22.2. The van der Waals surface area contributed by atoms with E-state index < -0.39 is 0 Å². The minimum absolute atomic E-state index is 0.106. The minimum Gasteiger partial charge on any atom is -0.345 e. The number of nitrogens with one attached hydrogen (secondary N) is 1. The van der Waals surface area contributed by atoms with Crippen molar-refractivity contribution < 1.29 is 0 Å². The summed E-state index contributed by atoms with van der Waals surface area (Å²) < 4.78 is 3.10. The van der Waals surface area contributed by atoms with E-state index in [4.69, 9.17) is 4.98 Å². The van der Waals surface area contributed by atoms with Crippen molar-refractivity contribution in [1.82, 2.24) is 35.1 Å². The molecule has 0 saturated carbocycles. The Balaban J connectivity index is 1.38. The number of piperazine rings is 1. The molecule has 2 aromatic carbocycles. The Morgan fingerprint density at radius 3 is 2.63 bits per heavy atom. The molecule has 0 aliphatic carbocycles. The van der Waals surface area contributed by atoms with Gasteiger partial charge < -0.3 is 9.88 Å². The average Bonchev–Trinajstić information content (AvgIpc) is 3.58. The molecule has 1 fully saturated rings. The van der Waals surface area contributed by atoms with Gasteiger partial charge in [-0.3, -0.25) is 9.69 Å². The number of hydrogen-bond acceptors (Lipinski definition) is 8. The van der Waals surface area contributed by atoms with Crippen LogP contribution in [0.5, 0.6) is 0 Å². The molecule has 1 saturated heterocycles. The van der Waals surface area contributed by atoms with Crippen LogP contribution < -0.4 is 10.5 Å². The SMILES string of the molecule is CCC(C)(C)n1nnnc1[C@H](c1cc2ccc(C)cc2[nH]c1=O)N1CCN(c2nc3ccccc3s2)CC1. The molecule has 3 aromatic heterocycles. The van der Waals surface area contributed by atoms with Gasteiger partial charge in [-0.25, -0.2) is 9.67 Å². The van der Waals surface area contributed by atoms with Crippen LogP contribution >= 0.6 is 11.3 Å². The summed E-state index contributed by atoms with van der Waals surface area (Å²) in [5, 5.41) is 15.0. The Kier molecular flexibility index (Phi) is 6.23. The number of pyridine rings is 1. The molecule has 6 rings (SSSR count). The lowest BCUT2D eigenvalue weighted by molar-refractivity contribution is 0.186. The molecule has 0 radical (unpaired) electrons. The van der Waals surface area contributed by atoms with Crippen LogP contribution in [-0.4, -0.2) is 61.3 Å². The molecule has 1 aliphatic heterocycles. The smallest absolute Gasteiger partial charge is 0.253 e. The second-order valence-corrected chi connectivity index (χ2v) is 11.7. The number of rotatable bonds is 6. The van der Waals surface area contributed by atoms with Gasteiger partial charge in [0.2, 0.25) is 0 Å². The summed E-state index contributed by atoms with van der Waals surface area (Å²) in [4.78, 5) is 26.2. The van der Waals surface area contributed by atoms with E-state index in [2.05, 4.69) is 81.4 Å². The molecular formula is C28H32N8OS. The Bertz CT molecular complexity index is 1630. The number of H-pyrrole nitrogens is 1. The van der Waals surface area contributed by atoms with E-state index in [1.54, 1.807) is 11.3 Å². The first kappa shape index (κ1) is 24.7. The molecule has 196 valence electrons. The number of fused-ring (bicyclic) bond motifs is 2. The van der Waals surface area contributed by atoms with Gasteiger partial charge in [0.1, 0.15) is 6.04 Å². The van der Waals surface area contributed by atoms with Gasteiger partial charge in [0, 0.05) is 37.3 Å². The fourth-order valence-corrected chi connectivity index (χ4v) is 6.16. The summed E-state index contributed by atoms with van der Waals surface area (Å²) in [5.74, 6) is 0.697. The molecular weight excluding hydrogens is 496 g/mol. The standard InChI is InChI=1S/C28H32N8OS/c1-5-28(3,4)36-25(31-32-33-36)24(20-17-19-11-10-18(2)16-22(19)29-26(20)37)34-12-14-35(15-13-34)27-30-21-8-6-7-9-23(21)38-27/h6-11,16-17,24H,5,12-15H2,1-4H3,(H,29,37)/t24-/m0/s1. The van der Waals surface area contributed by atoms with Gasteiger partial charge in [-0.2, -0.15) is 0 Å². The molecule has 5 aromatic rings. The van der Waals surface area contributed by atoms with Crippen LogP contribution in [0.1, 0.15) is 50.2 Å². The maximum Gasteiger partial charge on any atom is 0.253 e. The number of benzene rings is 2. The molecule has 0 unspecified atom stereocenters. The van der Waals surface area contributed by atoms with E-state index in [1.165, 1.54) is 4.70 Å². The highest BCUT2D eigenvalue weighted by atomic mass is 32.1. The fourth-order valence-electron chi connectivity index (χ4n) is 5.15. The number of para-hydroxylation sites is 1. The first-order chi connectivity index (χ1) is 18.3. The zero-order chi connectivity index (χ0) is 26.4. The van der Waals surface area contributed by atoms with E-state index in [0.717, 1.165) is 59.7 Å². The number of tetrazole rings is 1. The molecule has 9 nitrogen and oxygen atoms in total. The van der Waals surface area contributed by atoms with E-state index in [9.17, 15) is 4.79 Å². The predicted octanol–water partition coefficient (Wildman–Crippen LogP) is 4.49.